The lowest BCUT2D eigenvalue weighted by molar-refractivity contribution is -0.142. The van der Waals surface area contributed by atoms with Gasteiger partial charge in [-0.3, -0.25) is 0 Å². The fourth-order valence-electron chi connectivity index (χ4n) is 8.13. The summed E-state index contributed by atoms with van der Waals surface area (Å²) < 4.78 is 6.37. The molecular formula is C26H38O2. The Morgan fingerprint density at radius 1 is 0.893 bits per heavy atom. The highest BCUT2D eigenvalue weighted by Crippen LogP contribution is 2.66. The third-order valence-corrected chi connectivity index (χ3v) is 9.90. The summed E-state index contributed by atoms with van der Waals surface area (Å²) in [7, 11) is 0. The molecule has 1 aromatic rings. The van der Waals surface area contributed by atoms with Crippen molar-refractivity contribution in [3.63, 3.8) is 0 Å². The van der Waals surface area contributed by atoms with E-state index in [4.69, 9.17) is 4.74 Å². The van der Waals surface area contributed by atoms with Gasteiger partial charge in [0, 0.05) is 0 Å². The third kappa shape index (κ3) is 2.98. The Balaban J connectivity index is 1.26. The van der Waals surface area contributed by atoms with Gasteiger partial charge in [-0.15, -0.1) is 0 Å². The molecule has 4 aliphatic rings. The molecule has 1 aromatic carbocycles. The molecular weight excluding hydrogens is 344 g/mol. The highest BCUT2D eigenvalue weighted by atomic mass is 16.5. The maximum Gasteiger partial charge on any atom is 0.0720 e. The molecule has 5 rings (SSSR count). The summed E-state index contributed by atoms with van der Waals surface area (Å²) in [5.74, 6) is 3.34. The predicted octanol–water partition coefficient (Wildman–Crippen LogP) is 5.98. The summed E-state index contributed by atoms with van der Waals surface area (Å²) in [6.07, 6.45) is 11.9. The van der Waals surface area contributed by atoms with Crippen LogP contribution in [0.3, 0.4) is 0 Å². The van der Waals surface area contributed by atoms with E-state index in [1.54, 1.807) is 0 Å². The minimum absolute atomic E-state index is 0.0499. The van der Waals surface area contributed by atoms with E-state index < -0.39 is 0 Å². The van der Waals surface area contributed by atoms with Crippen molar-refractivity contribution in [2.24, 2.45) is 34.5 Å². The third-order valence-electron chi connectivity index (χ3n) is 9.90. The first kappa shape index (κ1) is 19.1. The van der Waals surface area contributed by atoms with Gasteiger partial charge in [-0.05, 0) is 97.9 Å². The zero-order valence-corrected chi connectivity index (χ0v) is 17.8. The lowest BCUT2D eigenvalue weighted by Crippen LogP contribution is -2.54. The Morgan fingerprint density at radius 2 is 1.64 bits per heavy atom. The number of hydrogen-bond donors (Lipinski definition) is 1. The van der Waals surface area contributed by atoms with Crippen LogP contribution in [0.4, 0.5) is 0 Å². The van der Waals surface area contributed by atoms with Crippen LogP contribution in [0.2, 0.25) is 0 Å². The molecule has 0 bridgehead atoms. The quantitative estimate of drug-likeness (QED) is 0.697. The van der Waals surface area contributed by atoms with Crippen LogP contribution >= 0.6 is 0 Å². The molecule has 0 radical (unpaired) electrons. The van der Waals surface area contributed by atoms with Crippen molar-refractivity contribution < 1.29 is 9.84 Å². The molecule has 0 heterocycles. The zero-order chi connectivity index (χ0) is 19.4. The van der Waals surface area contributed by atoms with E-state index in [2.05, 4.69) is 44.2 Å². The molecule has 0 saturated heterocycles. The highest BCUT2D eigenvalue weighted by Gasteiger charge is 2.60. The summed E-state index contributed by atoms with van der Waals surface area (Å²) in [6.45, 7) is 5.78. The van der Waals surface area contributed by atoms with Crippen LogP contribution in [0.5, 0.6) is 0 Å². The summed E-state index contributed by atoms with van der Waals surface area (Å²) in [4.78, 5) is 0. The molecule has 0 amide bonds. The van der Waals surface area contributed by atoms with E-state index in [0.717, 1.165) is 36.7 Å². The molecule has 0 unspecified atom stereocenters. The van der Waals surface area contributed by atoms with Gasteiger partial charge in [0.15, 0.2) is 0 Å². The fraction of sp³-hybridized carbons (Fsp3) is 0.769. The second-order valence-electron chi connectivity index (χ2n) is 11.0. The smallest absolute Gasteiger partial charge is 0.0720 e. The Bertz CT molecular complexity index is 687. The molecule has 28 heavy (non-hydrogen) atoms. The van der Waals surface area contributed by atoms with Gasteiger partial charge in [-0.1, -0.05) is 44.2 Å². The van der Waals surface area contributed by atoms with Crippen molar-refractivity contribution in [1.82, 2.24) is 0 Å². The van der Waals surface area contributed by atoms with Gasteiger partial charge in [0.2, 0.25) is 0 Å². The largest absolute Gasteiger partial charge is 0.393 e. The van der Waals surface area contributed by atoms with Gasteiger partial charge >= 0.3 is 0 Å². The van der Waals surface area contributed by atoms with Crippen molar-refractivity contribution in [3.8, 4) is 0 Å². The predicted molar refractivity (Wildman–Crippen MR) is 113 cm³/mol. The van der Waals surface area contributed by atoms with Crippen molar-refractivity contribution >= 4 is 0 Å². The van der Waals surface area contributed by atoms with E-state index in [1.165, 1.54) is 56.9 Å². The minimum atomic E-state index is -0.0499. The molecule has 2 nitrogen and oxygen atoms in total. The number of aliphatic hydroxyl groups is 1. The number of aliphatic hydroxyl groups excluding tert-OH is 1. The van der Waals surface area contributed by atoms with Gasteiger partial charge in [-0.2, -0.15) is 0 Å². The Morgan fingerprint density at radius 3 is 2.46 bits per heavy atom. The highest BCUT2D eigenvalue weighted by molar-refractivity contribution is 5.14. The normalized spacial score (nSPS) is 47.8. The van der Waals surface area contributed by atoms with Gasteiger partial charge in [0.1, 0.15) is 0 Å². The van der Waals surface area contributed by atoms with Gasteiger partial charge < -0.3 is 9.84 Å². The zero-order valence-electron chi connectivity index (χ0n) is 17.8. The van der Waals surface area contributed by atoms with Crippen LogP contribution in [-0.2, 0) is 11.3 Å². The Kier molecular flexibility index (Phi) is 4.87. The van der Waals surface area contributed by atoms with E-state index in [1.807, 2.05) is 0 Å². The number of fused-ring (bicyclic) bond motifs is 5. The summed E-state index contributed by atoms with van der Waals surface area (Å²) in [5, 5.41) is 10.6. The van der Waals surface area contributed by atoms with E-state index >= 15 is 0 Å². The second-order valence-corrected chi connectivity index (χ2v) is 11.0. The average molecular weight is 383 g/mol. The molecule has 0 aromatic heterocycles. The summed E-state index contributed by atoms with van der Waals surface area (Å²) >= 11 is 0. The van der Waals surface area contributed by atoms with E-state index in [0.29, 0.717) is 11.5 Å². The first-order valence-electron chi connectivity index (χ1n) is 11.8. The number of rotatable bonds is 3. The first-order chi connectivity index (χ1) is 13.5. The second kappa shape index (κ2) is 7.13. The molecule has 0 spiro atoms. The molecule has 4 saturated carbocycles. The van der Waals surface area contributed by atoms with Crippen LogP contribution in [-0.4, -0.2) is 17.3 Å². The standard InChI is InChI=1S/C26H38O2/c1-25-14-12-20(28-17-18-6-4-3-5-7-18)16-19(25)8-9-21-22-10-11-24(27)26(22,2)15-13-23(21)25/h3-7,19-24,27H,8-17H2,1-2H3/t19-,20-,21-,22+,23+,24-,25-,26-/m0/s1. The Labute approximate surface area is 171 Å². The molecule has 8 atom stereocenters. The van der Waals surface area contributed by atoms with E-state index in [-0.39, 0.29) is 11.5 Å². The molecule has 2 heteroatoms. The van der Waals surface area contributed by atoms with Crippen LogP contribution in [0.25, 0.3) is 0 Å². The molecule has 154 valence electrons. The molecule has 4 fully saturated rings. The van der Waals surface area contributed by atoms with Crippen LogP contribution in [0.1, 0.15) is 77.2 Å². The van der Waals surface area contributed by atoms with Crippen molar-refractivity contribution in [1.29, 1.82) is 0 Å². The van der Waals surface area contributed by atoms with Crippen LogP contribution in [0, 0.1) is 34.5 Å². The number of benzene rings is 1. The number of ether oxygens (including phenoxy) is 1. The van der Waals surface area contributed by atoms with Crippen molar-refractivity contribution in [2.45, 2.75) is 90.4 Å². The van der Waals surface area contributed by atoms with Crippen LogP contribution < -0.4 is 0 Å². The molecule has 0 aliphatic heterocycles. The lowest BCUT2D eigenvalue weighted by atomic mass is 9.45. The van der Waals surface area contributed by atoms with Gasteiger partial charge in [0.25, 0.3) is 0 Å². The van der Waals surface area contributed by atoms with Gasteiger partial charge in [0.05, 0.1) is 18.8 Å². The lowest BCUT2D eigenvalue weighted by Gasteiger charge is -2.60. The van der Waals surface area contributed by atoms with Crippen LogP contribution in [0.15, 0.2) is 30.3 Å². The van der Waals surface area contributed by atoms with E-state index in [9.17, 15) is 5.11 Å². The van der Waals surface area contributed by atoms with Crippen molar-refractivity contribution in [2.75, 3.05) is 0 Å². The fourth-order valence-corrected chi connectivity index (χ4v) is 8.13. The SMILES string of the molecule is C[C@]12CC[C@H](OCc3ccccc3)C[C@@H]1CC[C@@H]1[C@H]2CC[C@@]2(C)[C@@H]1CC[C@@H]2O. The minimum Gasteiger partial charge on any atom is -0.393 e. The Hall–Kier alpha value is -0.860. The molecule has 1 N–H and O–H groups in total. The topological polar surface area (TPSA) is 29.5 Å². The maximum absolute atomic E-state index is 10.6. The molecule has 4 aliphatic carbocycles. The summed E-state index contributed by atoms with van der Waals surface area (Å²) in [6, 6.07) is 10.6. The van der Waals surface area contributed by atoms with Gasteiger partial charge in [-0.25, -0.2) is 0 Å². The van der Waals surface area contributed by atoms with Crippen molar-refractivity contribution in [3.05, 3.63) is 35.9 Å². The summed E-state index contributed by atoms with van der Waals surface area (Å²) in [5.41, 5.74) is 2.01. The maximum atomic E-state index is 10.6. The first-order valence-corrected chi connectivity index (χ1v) is 11.8. The average Bonchev–Trinajstić information content (AvgIpc) is 3.02. The monoisotopic (exact) mass is 382 g/mol. The number of hydrogen-bond acceptors (Lipinski definition) is 2.